The van der Waals surface area contributed by atoms with Crippen molar-refractivity contribution in [3.8, 4) is 10.4 Å². The van der Waals surface area contributed by atoms with E-state index in [-0.39, 0.29) is 5.92 Å². The van der Waals surface area contributed by atoms with Crippen LogP contribution in [0.3, 0.4) is 0 Å². The Morgan fingerprint density at radius 1 is 0.968 bits per heavy atom. The zero-order valence-corrected chi connectivity index (χ0v) is 17.4. The molecule has 0 aliphatic rings. The second kappa shape index (κ2) is 8.63. The molecule has 160 valence electrons. The highest BCUT2D eigenvalue weighted by Gasteiger charge is 2.30. The fourth-order valence-corrected chi connectivity index (χ4v) is 4.16. The van der Waals surface area contributed by atoms with E-state index in [0.29, 0.717) is 6.54 Å². The summed E-state index contributed by atoms with van der Waals surface area (Å²) in [4.78, 5) is 9.01. The number of fused-ring (bicyclic) bond motifs is 1. The van der Waals surface area contributed by atoms with Crippen LogP contribution in [0.2, 0.25) is 0 Å². The molecule has 0 radical (unpaired) electrons. The van der Waals surface area contributed by atoms with Gasteiger partial charge in [-0.25, -0.2) is 9.97 Å². The molecule has 31 heavy (non-hydrogen) atoms. The van der Waals surface area contributed by atoms with Gasteiger partial charge in [0.1, 0.15) is 0 Å². The first-order chi connectivity index (χ1) is 14.8. The molecule has 4 rings (SSSR count). The van der Waals surface area contributed by atoms with E-state index < -0.39 is 17.7 Å². The molecule has 0 bridgehead atoms. The van der Waals surface area contributed by atoms with Crippen LogP contribution in [0.5, 0.6) is 0 Å². The van der Waals surface area contributed by atoms with Gasteiger partial charge in [-0.05, 0) is 47.1 Å². The normalized spacial score (nSPS) is 12.8. The number of alkyl halides is 3. The minimum absolute atomic E-state index is 0.109. The summed E-state index contributed by atoms with van der Waals surface area (Å²) in [5.41, 5.74) is 1.18. The van der Waals surface area contributed by atoms with Crippen molar-refractivity contribution >= 4 is 27.2 Å². The summed E-state index contributed by atoms with van der Waals surface area (Å²) in [6, 6.07) is 12.5. The Morgan fingerprint density at radius 3 is 2.48 bits per heavy atom. The van der Waals surface area contributed by atoms with Crippen LogP contribution in [0, 0.1) is 5.95 Å². The Bertz CT molecular complexity index is 1190. The number of nitrogens with one attached hydrogen (secondary N) is 1. The maximum atomic E-state index is 13.4. The lowest BCUT2D eigenvalue weighted by molar-refractivity contribution is -0.137. The fourth-order valence-electron chi connectivity index (χ4n) is 3.32. The Morgan fingerprint density at radius 2 is 1.74 bits per heavy atom. The predicted octanol–water partition coefficient (Wildman–Crippen LogP) is 7.12. The average Bonchev–Trinajstić information content (AvgIpc) is 3.21. The lowest BCUT2D eigenvalue weighted by atomic mass is 9.97. The van der Waals surface area contributed by atoms with Gasteiger partial charge in [0.25, 0.3) is 0 Å². The van der Waals surface area contributed by atoms with Crippen molar-refractivity contribution in [3.05, 3.63) is 78.0 Å². The lowest BCUT2D eigenvalue weighted by Crippen LogP contribution is -2.07. The Hall–Kier alpha value is -3.00. The molecular formula is C23H19F4N3S. The first-order valence-corrected chi connectivity index (χ1v) is 10.5. The summed E-state index contributed by atoms with van der Waals surface area (Å²) >= 11 is 1.49. The Kier molecular flexibility index (Phi) is 5.91. The first-order valence-electron chi connectivity index (χ1n) is 9.72. The molecule has 0 saturated carbocycles. The number of halogens is 4. The van der Waals surface area contributed by atoms with Crippen LogP contribution in [-0.2, 0) is 6.18 Å². The second-order valence-electron chi connectivity index (χ2n) is 7.33. The molecule has 0 spiro atoms. The van der Waals surface area contributed by atoms with E-state index in [1.165, 1.54) is 35.7 Å². The number of rotatable bonds is 6. The van der Waals surface area contributed by atoms with Gasteiger partial charge in [-0.2, -0.15) is 17.6 Å². The third-order valence-corrected chi connectivity index (χ3v) is 6.14. The van der Waals surface area contributed by atoms with Crippen molar-refractivity contribution in [1.82, 2.24) is 9.97 Å². The summed E-state index contributed by atoms with van der Waals surface area (Å²) < 4.78 is 51.5. The number of hydrogen-bond acceptors (Lipinski definition) is 4. The largest absolute Gasteiger partial charge is 0.416 e. The van der Waals surface area contributed by atoms with E-state index in [2.05, 4.69) is 15.3 Å². The lowest BCUT2D eigenvalue weighted by Gasteiger charge is -2.13. The highest BCUT2D eigenvalue weighted by molar-refractivity contribution is 7.18. The van der Waals surface area contributed by atoms with Crippen molar-refractivity contribution < 1.29 is 17.6 Å². The molecule has 0 aliphatic heterocycles. The monoisotopic (exact) mass is 445 g/mol. The number of hydrogen-bond donors (Lipinski definition) is 1. The quantitative estimate of drug-likeness (QED) is 0.254. The van der Waals surface area contributed by atoms with Gasteiger partial charge in [-0.1, -0.05) is 42.5 Å². The maximum absolute atomic E-state index is 13.4. The van der Waals surface area contributed by atoms with E-state index in [4.69, 9.17) is 0 Å². The summed E-state index contributed by atoms with van der Waals surface area (Å²) in [6.07, 6.45) is -0.290. The molecule has 4 aromatic rings. The number of aromatic nitrogens is 2. The van der Waals surface area contributed by atoms with Gasteiger partial charge in [0.15, 0.2) is 5.13 Å². The van der Waals surface area contributed by atoms with Crippen LogP contribution < -0.4 is 5.32 Å². The van der Waals surface area contributed by atoms with Gasteiger partial charge in [0, 0.05) is 30.4 Å². The predicted molar refractivity (Wildman–Crippen MR) is 116 cm³/mol. The highest BCUT2D eigenvalue weighted by atomic mass is 32.1. The summed E-state index contributed by atoms with van der Waals surface area (Å²) in [7, 11) is 0. The molecule has 1 atom stereocenters. The van der Waals surface area contributed by atoms with Crippen molar-refractivity contribution in [2.45, 2.75) is 25.4 Å². The second-order valence-corrected chi connectivity index (χ2v) is 8.37. The summed E-state index contributed by atoms with van der Waals surface area (Å²) in [5.74, 6) is -0.406. The van der Waals surface area contributed by atoms with Crippen LogP contribution in [-0.4, -0.2) is 16.5 Å². The number of benzene rings is 2. The third-order valence-electron chi connectivity index (χ3n) is 5.14. The molecule has 3 nitrogen and oxygen atoms in total. The molecule has 0 fully saturated rings. The van der Waals surface area contributed by atoms with Gasteiger partial charge in [-0.3, -0.25) is 0 Å². The van der Waals surface area contributed by atoms with Gasteiger partial charge >= 0.3 is 6.18 Å². The van der Waals surface area contributed by atoms with Gasteiger partial charge in [0.2, 0.25) is 5.95 Å². The van der Waals surface area contributed by atoms with E-state index in [1.54, 1.807) is 6.20 Å². The molecule has 0 aliphatic carbocycles. The third kappa shape index (κ3) is 5.02. The first kappa shape index (κ1) is 21.2. The molecule has 0 amide bonds. The zero-order valence-electron chi connectivity index (χ0n) is 16.6. The smallest absolute Gasteiger partial charge is 0.361 e. The number of pyridine rings is 1. The minimum Gasteiger partial charge on any atom is -0.361 e. The van der Waals surface area contributed by atoms with E-state index in [1.807, 2.05) is 25.1 Å². The van der Waals surface area contributed by atoms with Crippen molar-refractivity contribution in [2.24, 2.45) is 0 Å². The number of anilines is 1. The summed E-state index contributed by atoms with van der Waals surface area (Å²) in [6.45, 7) is 2.63. The van der Waals surface area contributed by atoms with Crippen LogP contribution in [0.1, 0.15) is 30.4 Å². The molecule has 8 heteroatoms. The maximum Gasteiger partial charge on any atom is 0.416 e. The topological polar surface area (TPSA) is 37.8 Å². The van der Waals surface area contributed by atoms with Crippen LogP contribution in [0.25, 0.3) is 21.2 Å². The van der Waals surface area contributed by atoms with E-state index >= 15 is 0 Å². The van der Waals surface area contributed by atoms with Crippen molar-refractivity contribution in [3.63, 3.8) is 0 Å². The number of nitrogens with zero attached hydrogens (tertiary/aromatic N) is 2. The Balaban J connectivity index is 1.36. The highest BCUT2D eigenvalue weighted by Crippen LogP contribution is 2.32. The Labute approximate surface area is 180 Å². The SMILES string of the molecule is CC(CCNc1ncc(-c2ccc3cnc(F)cc3c2)s1)c1ccc(C(F)(F)F)cc1. The molecule has 2 heterocycles. The molecular weight excluding hydrogens is 426 g/mol. The van der Waals surface area contributed by atoms with Gasteiger partial charge < -0.3 is 5.32 Å². The van der Waals surface area contributed by atoms with Crippen molar-refractivity contribution in [2.75, 3.05) is 11.9 Å². The van der Waals surface area contributed by atoms with Crippen LogP contribution in [0.15, 0.2) is 60.9 Å². The van der Waals surface area contributed by atoms with E-state index in [9.17, 15) is 17.6 Å². The zero-order chi connectivity index (χ0) is 22.0. The molecule has 0 saturated heterocycles. The molecule has 1 N–H and O–H groups in total. The minimum atomic E-state index is -4.32. The van der Waals surface area contributed by atoms with Crippen LogP contribution in [0.4, 0.5) is 22.7 Å². The van der Waals surface area contributed by atoms with Gasteiger partial charge in [-0.15, -0.1) is 0 Å². The fraction of sp³-hybridized carbons (Fsp3) is 0.217. The standard InChI is InChI=1S/C23H19F4N3S/c1-14(15-4-6-19(7-5-15)23(25,26)27)8-9-28-22-30-13-20(31-22)16-2-3-17-12-29-21(24)11-18(17)10-16/h2-7,10-14H,8-9H2,1H3,(H,28,30). The van der Waals surface area contributed by atoms with Crippen LogP contribution >= 0.6 is 11.3 Å². The molecule has 1 unspecified atom stereocenters. The molecule has 2 aromatic carbocycles. The average molecular weight is 445 g/mol. The van der Waals surface area contributed by atoms with Gasteiger partial charge in [0.05, 0.1) is 10.4 Å². The summed E-state index contributed by atoms with van der Waals surface area (Å²) in [5, 5.41) is 5.68. The van der Waals surface area contributed by atoms with Crippen molar-refractivity contribution in [1.29, 1.82) is 0 Å². The number of thiazole rings is 1. The van der Waals surface area contributed by atoms with E-state index in [0.717, 1.165) is 50.5 Å². The molecule has 2 aromatic heterocycles.